The molecular formula is C11H15N3O2. The van der Waals surface area contributed by atoms with E-state index in [4.69, 9.17) is 8.94 Å². The molecule has 0 fully saturated rings. The number of rotatable bonds is 2. The maximum Gasteiger partial charge on any atom is 0.322 e. The van der Waals surface area contributed by atoms with Gasteiger partial charge in [0.15, 0.2) is 0 Å². The van der Waals surface area contributed by atoms with Gasteiger partial charge >= 0.3 is 6.01 Å². The van der Waals surface area contributed by atoms with Gasteiger partial charge in [0.25, 0.3) is 0 Å². The van der Waals surface area contributed by atoms with Crippen molar-refractivity contribution in [2.24, 2.45) is 0 Å². The molecule has 0 saturated carbocycles. The first-order valence-corrected chi connectivity index (χ1v) is 5.12. The van der Waals surface area contributed by atoms with E-state index in [0.29, 0.717) is 11.8 Å². The zero-order chi connectivity index (χ0) is 11.8. The van der Waals surface area contributed by atoms with Crippen molar-refractivity contribution in [3.63, 3.8) is 0 Å². The quantitative estimate of drug-likeness (QED) is 0.844. The third-order valence-electron chi connectivity index (χ3n) is 2.01. The van der Waals surface area contributed by atoms with Gasteiger partial charge in [0.1, 0.15) is 5.76 Å². The van der Waals surface area contributed by atoms with Crippen LogP contribution >= 0.6 is 0 Å². The van der Waals surface area contributed by atoms with Crippen LogP contribution in [0.25, 0.3) is 11.4 Å². The largest absolute Gasteiger partial charge is 0.469 e. The van der Waals surface area contributed by atoms with Crippen molar-refractivity contribution in [2.75, 3.05) is 5.32 Å². The fourth-order valence-electron chi connectivity index (χ4n) is 1.32. The third-order valence-corrected chi connectivity index (χ3v) is 2.01. The van der Waals surface area contributed by atoms with Crippen LogP contribution in [0.15, 0.2) is 21.3 Å². The molecule has 0 saturated heterocycles. The van der Waals surface area contributed by atoms with Gasteiger partial charge in [0.05, 0.1) is 11.8 Å². The van der Waals surface area contributed by atoms with Gasteiger partial charge < -0.3 is 14.3 Å². The first-order chi connectivity index (χ1) is 7.46. The molecule has 0 aliphatic heterocycles. The van der Waals surface area contributed by atoms with E-state index in [1.807, 2.05) is 33.8 Å². The molecule has 0 amide bonds. The predicted octanol–water partition coefficient (Wildman–Crippen LogP) is 2.85. The van der Waals surface area contributed by atoms with Crippen LogP contribution in [0.2, 0.25) is 0 Å². The van der Waals surface area contributed by atoms with Crippen LogP contribution in [-0.4, -0.2) is 15.7 Å². The van der Waals surface area contributed by atoms with Crippen LogP contribution in [-0.2, 0) is 0 Å². The Balaban J connectivity index is 2.24. The summed E-state index contributed by atoms with van der Waals surface area (Å²) < 4.78 is 10.3. The molecule has 5 heteroatoms. The molecule has 86 valence electrons. The van der Waals surface area contributed by atoms with Gasteiger partial charge in [-0.2, -0.15) is 4.98 Å². The molecule has 2 rings (SSSR count). The third kappa shape index (κ3) is 2.24. The molecule has 0 aliphatic rings. The van der Waals surface area contributed by atoms with Crippen LogP contribution in [0, 0.1) is 6.92 Å². The molecular weight excluding hydrogens is 206 g/mol. The Labute approximate surface area is 93.8 Å². The molecule has 0 atom stereocenters. The van der Waals surface area contributed by atoms with Gasteiger partial charge in [-0.05, 0) is 33.8 Å². The summed E-state index contributed by atoms with van der Waals surface area (Å²) in [6.07, 6.45) is 1.61. The lowest BCUT2D eigenvalue weighted by Crippen LogP contribution is -2.26. The molecule has 5 nitrogen and oxygen atoms in total. The summed E-state index contributed by atoms with van der Waals surface area (Å²) in [6.45, 7) is 7.95. The van der Waals surface area contributed by atoms with Gasteiger partial charge in [-0.25, -0.2) is 0 Å². The number of aryl methyl sites for hydroxylation is 1. The number of hydrogen-bond donors (Lipinski definition) is 1. The SMILES string of the molecule is Cc1occc1-c1noc(NC(C)(C)C)n1. The van der Waals surface area contributed by atoms with Gasteiger partial charge in [-0.3, -0.25) is 0 Å². The second kappa shape index (κ2) is 3.66. The van der Waals surface area contributed by atoms with E-state index in [-0.39, 0.29) is 5.54 Å². The molecule has 16 heavy (non-hydrogen) atoms. The zero-order valence-corrected chi connectivity index (χ0v) is 9.87. The normalized spacial score (nSPS) is 11.8. The fraction of sp³-hybridized carbons (Fsp3) is 0.455. The smallest absolute Gasteiger partial charge is 0.322 e. The van der Waals surface area contributed by atoms with Crippen LogP contribution in [0.3, 0.4) is 0 Å². The summed E-state index contributed by atoms with van der Waals surface area (Å²) in [5, 5.41) is 7.01. The molecule has 0 bridgehead atoms. The Bertz CT molecular complexity index is 479. The highest BCUT2D eigenvalue weighted by atomic mass is 16.5. The maximum atomic E-state index is 5.19. The van der Waals surface area contributed by atoms with Crippen LogP contribution in [0.1, 0.15) is 26.5 Å². The molecule has 0 spiro atoms. The van der Waals surface area contributed by atoms with Crippen molar-refractivity contribution in [1.82, 2.24) is 10.1 Å². The average molecular weight is 221 g/mol. The van der Waals surface area contributed by atoms with E-state index < -0.39 is 0 Å². The highest BCUT2D eigenvalue weighted by Crippen LogP contribution is 2.23. The summed E-state index contributed by atoms with van der Waals surface area (Å²) in [4.78, 5) is 4.25. The zero-order valence-electron chi connectivity index (χ0n) is 9.87. The summed E-state index contributed by atoms with van der Waals surface area (Å²) >= 11 is 0. The highest BCUT2D eigenvalue weighted by Gasteiger charge is 2.16. The minimum atomic E-state index is -0.102. The minimum absolute atomic E-state index is 0.102. The van der Waals surface area contributed by atoms with E-state index in [9.17, 15) is 0 Å². The first-order valence-electron chi connectivity index (χ1n) is 5.12. The molecule has 1 N–H and O–H groups in total. The standard InChI is InChI=1S/C11H15N3O2/c1-7-8(5-6-15-7)9-12-10(16-14-9)13-11(2,3)4/h5-6H,1-4H3,(H,12,13,14). The molecule has 0 aromatic carbocycles. The first kappa shape index (κ1) is 10.7. The van der Waals surface area contributed by atoms with Crippen molar-refractivity contribution in [3.8, 4) is 11.4 Å². The van der Waals surface area contributed by atoms with Crippen molar-refractivity contribution >= 4 is 6.01 Å². The van der Waals surface area contributed by atoms with E-state index in [2.05, 4.69) is 15.5 Å². The predicted molar refractivity (Wildman–Crippen MR) is 60.1 cm³/mol. The lowest BCUT2D eigenvalue weighted by Gasteiger charge is -2.17. The lowest BCUT2D eigenvalue weighted by atomic mass is 10.1. The Morgan fingerprint density at radius 2 is 2.06 bits per heavy atom. The summed E-state index contributed by atoms with van der Waals surface area (Å²) in [5.41, 5.74) is 0.751. The lowest BCUT2D eigenvalue weighted by molar-refractivity contribution is 0.420. The Kier molecular flexibility index (Phi) is 2.46. The van der Waals surface area contributed by atoms with Crippen molar-refractivity contribution in [3.05, 3.63) is 18.1 Å². The summed E-state index contributed by atoms with van der Waals surface area (Å²) in [7, 11) is 0. The van der Waals surface area contributed by atoms with Crippen LogP contribution < -0.4 is 5.32 Å². The van der Waals surface area contributed by atoms with Crippen molar-refractivity contribution in [1.29, 1.82) is 0 Å². The molecule has 2 heterocycles. The van der Waals surface area contributed by atoms with Gasteiger partial charge in [-0.1, -0.05) is 5.16 Å². The second-order valence-electron chi connectivity index (χ2n) is 4.69. The molecule has 0 unspecified atom stereocenters. The van der Waals surface area contributed by atoms with Crippen LogP contribution in [0.4, 0.5) is 6.01 Å². The number of hydrogen-bond acceptors (Lipinski definition) is 5. The van der Waals surface area contributed by atoms with E-state index in [1.165, 1.54) is 0 Å². The monoisotopic (exact) mass is 221 g/mol. The molecule has 0 radical (unpaired) electrons. The van der Waals surface area contributed by atoms with E-state index >= 15 is 0 Å². The minimum Gasteiger partial charge on any atom is -0.469 e. The fourth-order valence-corrected chi connectivity index (χ4v) is 1.32. The van der Waals surface area contributed by atoms with Gasteiger partial charge in [0.2, 0.25) is 5.82 Å². The van der Waals surface area contributed by atoms with Crippen LogP contribution in [0.5, 0.6) is 0 Å². The van der Waals surface area contributed by atoms with Gasteiger partial charge in [0, 0.05) is 5.54 Å². The average Bonchev–Trinajstić information content (AvgIpc) is 2.71. The topological polar surface area (TPSA) is 64.1 Å². The molecule has 2 aromatic rings. The molecule has 2 aromatic heterocycles. The Hall–Kier alpha value is -1.78. The molecule has 0 aliphatic carbocycles. The summed E-state index contributed by atoms with van der Waals surface area (Å²) in [5.74, 6) is 1.32. The van der Waals surface area contributed by atoms with E-state index in [0.717, 1.165) is 11.3 Å². The van der Waals surface area contributed by atoms with E-state index in [1.54, 1.807) is 6.26 Å². The van der Waals surface area contributed by atoms with Crippen molar-refractivity contribution in [2.45, 2.75) is 33.2 Å². The number of anilines is 1. The highest BCUT2D eigenvalue weighted by molar-refractivity contribution is 5.57. The number of nitrogens with one attached hydrogen (secondary N) is 1. The second-order valence-corrected chi connectivity index (χ2v) is 4.69. The Morgan fingerprint density at radius 1 is 1.31 bits per heavy atom. The van der Waals surface area contributed by atoms with Crippen molar-refractivity contribution < 1.29 is 8.94 Å². The number of aromatic nitrogens is 2. The Morgan fingerprint density at radius 3 is 2.62 bits per heavy atom. The number of nitrogens with zero attached hydrogens (tertiary/aromatic N) is 2. The maximum absolute atomic E-state index is 5.19. The number of furan rings is 1. The van der Waals surface area contributed by atoms with Gasteiger partial charge in [-0.15, -0.1) is 0 Å². The summed E-state index contributed by atoms with van der Waals surface area (Å²) in [6, 6.07) is 2.24.